The molecule has 0 atom stereocenters. The lowest BCUT2D eigenvalue weighted by Crippen LogP contribution is -2.40. The van der Waals surface area contributed by atoms with E-state index in [0.717, 1.165) is 69.2 Å². The maximum atomic E-state index is 6.48. The molecule has 156 valence electrons. The number of aryl methyl sites for hydroxylation is 2. The molecule has 3 rings (SSSR count). The van der Waals surface area contributed by atoms with Gasteiger partial charge in [0.2, 0.25) is 0 Å². The topological polar surface area (TPSA) is 40.6 Å². The highest BCUT2D eigenvalue weighted by Crippen LogP contribution is 2.27. The van der Waals surface area contributed by atoms with Crippen molar-refractivity contribution < 1.29 is 4.74 Å². The van der Waals surface area contributed by atoms with E-state index in [9.17, 15) is 0 Å². The van der Waals surface area contributed by atoms with Gasteiger partial charge in [-0.15, -0.1) is 0 Å². The number of ether oxygens (including phenoxy) is 1. The van der Waals surface area contributed by atoms with Gasteiger partial charge in [0, 0.05) is 45.1 Å². The van der Waals surface area contributed by atoms with Gasteiger partial charge in [0.25, 0.3) is 0 Å². The highest BCUT2D eigenvalue weighted by atomic mass is 35.5. The summed E-state index contributed by atoms with van der Waals surface area (Å²) in [5, 5.41) is 4.78. The maximum absolute atomic E-state index is 6.48. The molecule has 1 aromatic carbocycles. The molecule has 0 aliphatic carbocycles. The second-order valence-electron chi connectivity index (χ2n) is 7.45. The molecule has 1 aromatic heterocycles. The standard InChI is InChI=1S/C22H29ClN4OS/c1-17-14-18(2)21(20(23)15-17)25-22(29)27(16-19-4-6-24-7-5-19)9-3-8-26-10-12-28-13-11-26/h4-7,14-15H,3,8-13,16H2,1-2H3,(H,25,29). The van der Waals surface area contributed by atoms with Gasteiger partial charge in [0.15, 0.2) is 5.11 Å². The van der Waals surface area contributed by atoms with Gasteiger partial charge in [-0.25, -0.2) is 0 Å². The van der Waals surface area contributed by atoms with E-state index in [0.29, 0.717) is 10.1 Å². The van der Waals surface area contributed by atoms with Crippen LogP contribution in [0.15, 0.2) is 36.7 Å². The molecular formula is C22H29ClN4OS. The minimum absolute atomic E-state index is 0.692. The van der Waals surface area contributed by atoms with Crippen molar-refractivity contribution in [2.75, 3.05) is 44.7 Å². The molecule has 0 unspecified atom stereocenters. The average molecular weight is 433 g/mol. The lowest BCUT2D eigenvalue weighted by atomic mass is 10.1. The van der Waals surface area contributed by atoms with Crippen LogP contribution in [-0.4, -0.2) is 59.3 Å². The molecule has 0 bridgehead atoms. The zero-order chi connectivity index (χ0) is 20.6. The summed E-state index contributed by atoms with van der Waals surface area (Å²) in [6.07, 6.45) is 4.67. The maximum Gasteiger partial charge on any atom is 0.173 e. The van der Waals surface area contributed by atoms with Crippen molar-refractivity contribution in [2.45, 2.75) is 26.8 Å². The number of benzene rings is 1. The smallest absolute Gasteiger partial charge is 0.173 e. The Kier molecular flexibility index (Phi) is 8.24. The van der Waals surface area contributed by atoms with Crippen molar-refractivity contribution in [3.63, 3.8) is 0 Å². The van der Waals surface area contributed by atoms with E-state index >= 15 is 0 Å². The first kappa shape index (κ1) is 22.0. The SMILES string of the molecule is Cc1cc(C)c(NC(=S)N(CCCN2CCOCC2)Cc2ccncc2)c(Cl)c1. The van der Waals surface area contributed by atoms with E-state index in [2.05, 4.69) is 33.1 Å². The van der Waals surface area contributed by atoms with Gasteiger partial charge in [-0.2, -0.15) is 0 Å². The van der Waals surface area contributed by atoms with Crippen LogP contribution in [0.2, 0.25) is 5.02 Å². The van der Waals surface area contributed by atoms with Gasteiger partial charge in [-0.3, -0.25) is 9.88 Å². The highest BCUT2D eigenvalue weighted by molar-refractivity contribution is 7.80. The summed E-state index contributed by atoms with van der Waals surface area (Å²) in [6, 6.07) is 8.14. The molecule has 2 heterocycles. The van der Waals surface area contributed by atoms with Gasteiger partial charge in [-0.05, 0) is 67.4 Å². The van der Waals surface area contributed by atoms with Crippen molar-refractivity contribution >= 4 is 34.6 Å². The van der Waals surface area contributed by atoms with Gasteiger partial charge in [0.1, 0.15) is 0 Å². The Labute approximate surface area is 184 Å². The van der Waals surface area contributed by atoms with Crippen LogP contribution >= 0.6 is 23.8 Å². The lowest BCUT2D eigenvalue weighted by Gasteiger charge is -2.30. The minimum atomic E-state index is 0.692. The minimum Gasteiger partial charge on any atom is -0.379 e. The van der Waals surface area contributed by atoms with Crippen molar-refractivity contribution in [1.82, 2.24) is 14.8 Å². The second kappa shape index (κ2) is 10.9. The van der Waals surface area contributed by atoms with E-state index in [1.54, 1.807) is 0 Å². The van der Waals surface area contributed by atoms with E-state index in [1.807, 2.05) is 37.5 Å². The zero-order valence-corrected chi connectivity index (χ0v) is 18.7. The number of aromatic nitrogens is 1. The molecular weight excluding hydrogens is 404 g/mol. The fourth-order valence-corrected chi connectivity index (χ4v) is 4.16. The second-order valence-corrected chi connectivity index (χ2v) is 8.25. The summed E-state index contributed by atoms with van der Waals surface area (Å²) in [4.78, 5) is 8.78. The molecule has 5 nitrogen and oxygen atoms in total. The predicted octanol–water partition coefficient (Wildman–Crippen LogP) is 4.27. The largest absolute Gasteiger partial charge is 0.379 e. The molecule has 1 aliphatic heterocycles. The van der Waals surface area contributed by atoms with Gasteiger partial charge in [-0.1, -0.05) is 17.7 Å². The lowest BCUT2D eigenvalue weighted by molar-refractivity contribution is 0.0368. The molecule has 0 amide bonds. The zero-order valence-electron chi connectivity index (χ0n) is 17.2. The van der Waals surface area contributed by atoms with Crippen LogP contribution < -0.4 is 5.32 Å². The fourth-order valence-electron chi connectivity index (χ4n) is 3.53. The molecule has 7 heteroatoms. The number of hydrogen-bond acceptors (Lipinski definition) is 4. The van der Waals surface area contributed by atoms with E-state index < -0.39 is 0 Å². The molecule has 1 saturated heterocycles. The summed E-state index contributed by atoms with van der Waals surface area (Å²) in [5.41, 5.74) is 4.30. The molecule has 29 heavy (non-hydrogen) atoms. The van der Waals surface area contributed by atoms with E-state index in [4.69, 9.17) is 28.6 Å². The number of pyridine rings is 1. The van der Waals surface area contributed by atoms with Crippen molar-refractivity contribution in [3.8, 4) is 0 Å². The Balaban J connectivity index is 1.66. The first-order valence-electron chi connectivity index (χ1n) is 10.0. The number of morpholine rings is 1. The number of nitrogens with one attached hydrogen (secondary N) is 1. The first-order chi connectivity index (χ1) is 14.0. The average Bonchev–Trinajstić information content (AvgIpc) is 2.71. The van der Waals surface area contributed by atoms with Crippen LogP contribution in [-0.2, 0) is 11.3 Å². The molecule has 0 radical (unpaired) electrons. The molecule has 0 saturated carbocycles. The van der Waals surface area contributed by atoms with Crippen LogP contribution in [0.3, 0.4) is 0 Å². The molecule has 1 N–H and O–H groups in total. The Morgan fingerprint density at radius 1 is 1.24 bits per heavy atom. The van der Waals surface area contributed by atoms with E-state index in [-0.39, 0.29) is 0 Å². The van der Waals surface area contributed by atoms with Crippen molar-refractivity contribution in [2.24, 2.45) is 0 Å². The fraction of sp³-hybridized carbons (Fsp3) is 0.455. The molecule has 1 fully saturated rings. The summed E-state index contributed by atoms with van der Waals surface area (Å²) >= 11 is 12.3. The predicted molar refractivity (Wildman–Crippen MR) is 124 cm³/mol. The van der Waals surface area contributed by atoms with Crippen molar-refractivity contribution in [1.29, 1.82) is 0 Å². The third-order valence-electron chi connectivity index (χ3n) is 5.08. The van der Waals surface area contributed by atoms with Gasteiger partial charge < -0.3 is 15.0 Å². The number of thiocarbonyl (C=S) groups is 1. The summed E-state index contributed by atoms with van der Waals surface area (Å²) in [6.45, 7) is 10.4. The third kappa shape index (κ3) is 6.64. The molecule has 0 spiro atoms. The quantitative estimate of drug-likeness (QED) is 0.659. The first-order valence-corrected chi connectivity index (χ1v) is 10.8. The Bertz CT molecular complexity index is 789. The van der Waals surface area contributed by atoms with Crippen LogP contribution in [0.25, 0.3) is 0 Å². The summed E-state index contributed by atoms with van der Waals surface area (Å²) in [7, 11) is 0. The van der Waals surface area contributed by atoms with Crippen LogP contribution in [0.5, 0.6) is 0 Å². The Morgan fingerprint density at radius 3 is 2.66 bits per heavy atom. The summed E-state index contributed by atoms with van der Waals surface area (Å²) < 4.78 is 5.44. The number of anilines is 1. The number of hydrogen-bond donors (Lipinski definition) is 1. The van der Waals surface area contributed by atoms with Gasteiger partial charge >= 0.3 is 0 Å². The number of rotatable bonds is 7. The van der Waals surface area contributed by atoms with E-state index in [1.165, 1.54) is 5.56 Å². The van der Waals surface area contributed by atoms with Gasteiger partial charge in [0.05, 0.1) is 23.9 Å². The Hall–Kier alpha value is -1.73. The molecule has 1 aliphatic rings. The van der Waals surface area contributed by atoms with Crippen LogP contribution in [0.1, 0.15) is 23.1 Å². The van der Waals surface area contributed by atoms with Crippen LogP contribution in [0.4, 0.5) is 5.69 Å². The normalized spacial score (nSPS) is 14.6. The monoisotopic (exact) mass is 432 g/mol. The summed E-state index contributed by atoms with van der Waals surface area (Å²) in [5.74, 6) is 0. The number of halogens is 1. The Morgan fingerprint density at radius 2 is 1.97 bits per heavy atom. The van der Waals surface area contributed by atoms with Crippen molar-refractivity contribution in [3.05, 3.63) is 58.4 Å². The highest BCUT2D eigenvalue weighted by Gasteiger charge is 2.15. The third-order valence-corrected chi connectivity index (χ3v) is 5.74. The number of nitrogens with zero attached hydrogens (tertiary/aromatic N) is 3. The molecule has 2 aromatic rings. The van der Waals surface area contributed by atoms with Crippen LogP contribution in [0, 0.1) is 13.8 Å².